The summed E-state index contributed by atoms with van der Waals surface area (Å²) in [5.74, 6) is -2.67. The number of carboxylic acids is 1. The van der Waals surface area contributed by atoms with Gasteiger partial charge < -0.3 is 20.9 Å². The van der Waals surface area contributed by atoms with Crippen LogP contribution in [0.1, 0.15) is 31.6 Å². The van der Waals surface area contributed by atoms with E-state index in [9.17, 15) is 29.2 Å². The molecule has 0 saturated heterocycles. The van der Waals surface area contributed by atoms with Crippen LogP contribution in [0.2, 0.25) is 0 Å². The summed E-state index contributed by atoms with van der Waals surface area (Å²) in [4.78, 5) is 32.9. The number of nitrogens with zero attached hydrogens (tertiary/aromatic N) is 1. The van der Waals surface area contributed by atoms with Gasteiger partial charge >= 0.3 is 17.7 Å². The molecule has 0 spiro atoms. The van der Waals surface area contributed by atoms with Crippen molar-refractivity contribution in [3.8, 4) is 0 Å². The molecule has 138 valence electrons. The minimum Gasteiger partial charge on any atom is -0.480 e. The summed E-state index contributed by atoms with van der Waals surface area (Å²) in [5.41, 5.74) is 3.58. The third-order valence-corrected chi connectivity index (χ3v) is 3.50. The largest absolute Gasteiger partial charge is 0.480 e. The summed E-state index contributed by atoms with van der Waals surface area (Å²) in [5, 5.41) is 20.8. The zero-order valence-electron chi connectivity index (χ0n) is 13.6. The lowest BCUT2D eigenvalue weighted by Crippen LogP contribution is -2.45. The normalized spacial score (nSPS) is 13.6. The number of nitrogens with one attached hydrogen (secondary N) is 1. The maximum Gasteiger partial charge on any atom is 0.408 e. The van der Waals surface area contributed by atoms with Crippen LogP contribution in [-0.4, -0.2) is 33.7 Å². The molecule has 4 N–H and O–H groups in total. The third-order valence-electron chi connectivity index (χ3n) is 2.92. The first kappa shape index (κ1) is 20.5. The Bertz CT molecular complexity index is 707. The molecule has 1 amide bonds. The number of carboxylic acid groups (broad SMARTS) is 1. The molecule has 1 aromatic carbocycles. The maximum absolute atomic E-state index is 13.8. The van der Waals surface area contributed by atoms with Crippen molar-refractivity contribution in [3.63, 3.8) is 0 Å². The van der Waals surface area contributed by atoms with Gasteiger partial charge in [0.15, 0.2) is 0 Å². The summed E-state index contributed by atoms with van der Waals surface area (Å²) in [6, 6.07) is -0.126. The predicted octanol–water partition coefficient (Wildman–Crippen LogP) is 2.26. The zero-order valence-corrected chi connectivity index (χ0v) is 14.5. The molecule has 25 heavy (non-hydrogen) atoms. The lowest BCUT2D eigenvalue weighted by atomic mass is 10.0. The van der Waals surface area contributed by atoms with Crippen LogP contribution in [0, 0.1) is 15.9 Å². The maximum atomic E-state index is 13.8. The summed E-state index contributed by atoms with van der Waals surface area (Å²) in [6.45, 7) is 4.76. The van der Waals surface area contributed by atoms with Crippen LogP contribution in [0.4, 0.5) is 20.6 Å². The highest BCUT2D eigenvalue weighted by molar-refractivity contribution is 7.80. The van der Waals surface area contributed by atoms with E-state index in [0.717, 1.165) is 12.1 Å². The number of rotatable bonds is 5. The quantitative estimate of drug-likeness (QED) is 0.267. The van der Waals surface area contributed by atoms with E-state index in [-0.39, 0.29) is 11.3 Å². The fraction of sp³-hybridized carbons (Fsp3) is 0.429. The number of alkyl carbamates (subject to hydrolysis) is 1. The number of carbonyl (C=O) groups excluding carboxylic acids is 1. The van der Waals surface area contributed by atoms with Gasteiger partial charge in [0.1, 0.15) is 11.6 Å². The van der Waals surface area contributed by atoms with E-state index in [1.807, 2.05) is 0 Å². The third kappa shape index (κ3) is 5.48. The van der Waals surface area contributed by atoms with Crippen molar-refractivity contribution in [3.05, 3.63) is 33.6 Å². The fourth-order valence-corrected chi connectivity index (χ4v) is 2.30. The molecule has 1 aromatic rings. The number of hydrogen-bond acceptors (Lipinski definition) is 7. The van der Waals surface area contributed by atoms with Gasteiger partial charge in [0, 0.05) is 11.8 Å². The van der Waals surface area contributed by atoms with Crippen LogP contribution in [0.25, 0.3) is 0 Å². The van der Waals surface area contributed by atoms with E-state index in [4.69, 9.17) is 10.5 Å². The van der Waals surface area contributed by atoms with Crippen molar-refractivity contribution in [2.75, 3.05) is 5.73 Å². The lowest BCUT2D eigenvalue weighted by molar-refractivity contribution is -0.387. The van der Waals surface area contributed by atoms with Gasteiger partial charge in [-0.15, -0.1) is 0 Å². The zero-order chi connectivity index (χ0) is 19.5. The second-order valence-electron chi connectivity index (χ2n) is 6.10. The average Bonchev–Trinajstić information content (AvgIpc) is 2.43. The van der Waals surface area contributed by atoms with E-state index in [2.05, 4.69) is 17.9 Å². The van der Waals surface area contributed by atoms with Crippen LogP contribution in [-0.2, 0) is 9.53 Å². The molecule has 0 aliphatic carbocycles. The molecule has 0 radical (unpaired) electrons. The second kappa shape index (κ2) is 7.55. The van der Waals surface area contributed by atoms with Crippen molar-refractivity contribution in [1.82, 2.24) is 5.32 Å². The van der Waals surface area contributed by atoms with Gasteiger partial charge in [-0.2, -0.15) is 17.0 Å². The highest BCUT2D eigenvalue weighted by atomic mass is 32.1. The fourth-order valence-electron chi connectivity index (χ4n) is 1.88. The van der Waals surface area contributed by atoms with Gasteiger partial charge in [0.2, 0.25) is 5.82 Å². The molecule has 11 heteroatoms. The molecule has 0 fully saturated rings. The Morgan fingerprint density at radius 2 is 2.00 bits per heavy atom. The van der Waals surface area contributed by atoms with E-state index in [1.165, 1.54) is 0 Å². The second-order valence-corrected chi connectivity index (χ2v) is 6.65. The number of nitrogens with two attached hydrogens (primary N) is 1. The SMILES string of the molecule is CC(C)(C)OC(=O)N[C@H](C(=O)O)C(S)c1cc(F)c([N+](=O)[O-])cc1N. The number of anilines is 1. The number of halogens is 1. The monoisotopic (exact) mass is 375 g/mol. The molecule has 0 bridgehead atoms. The van der Waals surface area contributed by atoms with Crippen molar-refractivity contribution in [1.29, 1.82) is 0 Å². The van der Waals surface area contributed by atoms with Crippen LogP contribution in [0.3, 0.4) is 0 Å². The molecular formula is C14H18FN3O6S. The van der Waals surface area contributed by atoms with Gasteiger partial charge in [0.05, 0.1) is 10.2 Å². The molecule has 2 atom stereocenters. The molecule has 0 aromatic heterocycles. The Morgan fingerprint density at radius 3 is 2.44 bits per heavy atom. The first-order valence-electron chi connectivity index (χ1n) is 6.97. The van der Waals surface area contributed by atoms with Crippen LogP contribution in [0.15, 0.2) is 12.1 Å². The number of benzene rings is 1. The highest BCUT2D eigenvalue weighted by Crippen LogP contribution is 2.33. The predicted molar refractivity (Wildman–Crippen MR) is 90.0 cm³/mol. The Balaban J connectivity index is 3.14. The highest BCUT2D eigenvalue weighted by Gasteiger charge is 2.33. The average molecular weight is 375 g/mol. The smallest absolute Gasteiger partial charge is 0.408 e. The Morgan fingerprint density at radius 1 is 1.44 bits per heavy atom. The van der Waals surface area contributed by atoms with Gasteiger partial charge in [-0.25, -0.2) is 9.59 Å². The van der Waals surface area contributed by atoms with Gasteiger partial charge in [-0.05, 0) is 32.4 Å². The minimum atomic E-state index is -1.61. The first-order chi connectivity index (χ1) is 11.3. The number of nitrogen functional groups attached to an aromatic ring is 1. The number of nitro groups is 1. The van der Waals surface area contributed by atoms with E-state index in [1.54, 1.807) is 20.8 Å². The summed E-state index contributed by atoms with van der Waals surface area (Å²) in [6.07, 6.45) is -1.01. The number of carbonyl (C=O) groups is 2. The summed E-state index contributed by atoms with van der Waals surface area (Å²) >= 11 is 4.08. The van der Waals surface area contributed by atoms with Crippen LogP contribution in [0.5, 0.6) is 0 Å². The number of ether oxygens (including phenoxy) is 1. The van der Waals surface area contributed by atoms with E-state index >= 15 is 0 Å². The lowest BCUT2D eigenvalue weighted by Gasteiger charge is -2.25. The van der Waals surface area contributed by atoms with Crippen molar-refractivity contribution in [2.45, 2.75) is 37.7 Å². The minimum absolute atomic E-state index is 0.116. The van der Waals surface area contributed by atoms with Crippen LogP contribution >= 0.6 is 12.6 Å². The summed E-state index contributed by atoms with van der Waals surface area (Å²) < 4.78 is 18.8. The molecule has 0 saturated carbocycles. The Kier molecular flexibility index (Phi) is 6.19. The van der Waals surface area contributed by atoms with E-state index < -0.39 is 45.4 Å². The topological polar surface area (TPSA) is 145 Å². The molecule has 1 unspecified atom stereocenters. The molecule has 1 rings (SSSR count). The number of hydrogen-bond donors (Lipinski definition) is 4. The number of amides is 1. The number of aliphatic carboxylic acids is 1. The van der Waals surface area contributed by atoms with Crippen LogP contribution < -0.4 is 11.1 Å². The van der Waals surface area contributed by atoms with Crippen molar-refractivity contribution >= 4 is 36.1 Å². The van der Waals surface area contributed by atoms with Crippen molar-refractivity contribution in [2.24, 2.45) is 0 Å². The van der Waals surface area contributed by atoms with Crippen molar-refractivity contribution < 1.29 is 28.7 Å². The Hall–Kier alpha value is -2.56. The standard InChI is InChI=1S/C14H18FN3O6S/c1-14(2,3)24-13(21)17-10(12(19)20)11(25)6-4-7(15)9(18(22)23)5-8(6)16/h4-5,10-11,25H,16H2,1-3H3,(H,17,21)(H,19,20)/t10-,11?/m0/s1. The van der Waals surface area contributed by atoms with E-state index in [0.29, 0.717) is 0 Å². The molecule has 0 heterocycles. The molecular weight excluding hydrogens is 357 g/mol. The first-order valence-corrected chi connectivity index (χ1v) is 7.49. The number of thiol groups is 1. The molecule has 0 aliphatic heterocycles. The van der Waals surface area contributed by atoms with Gasteiger partial charge in [0.25, 0.3) is 0 Å². The number of nitro benzene ring substituents is 1. The van der Waals surface area contributed by atoms with Gasteiger partial charge in [-0.1, -0.05) is 0 Å². The van der Waals surface area contributed by atoms with Gasteiger partial charge in [-0.3, -0.25) is 10.1 Å². The molecule has 9 nitrogen and oxygen atoms in total. The Labute approximate surface area is 147 Å². The molecule has 0 aliphatic rings. The summed E-state index contributed by atoms with van der Waals surface area (Å²) in [7, 11) is 0.